The third-order valence-electron chi connectivity index (χ3n) is 1.67. The fraction of sp³-hybridized carbons (Fsp3) is 0.200. The lowest BCUT2D eigenvalue weighted by Gasteiger charge is -1.91. The van der Waals surface area contributed by atoms with Crippen molar-refractivity contribution >= 4 is 29.1 Å². The fourth-order valence-electron chi connectivity index (χ4n) is 1.05. The van der Waals surface area contributed by atoms with Crippen LogP contribution in [0.3, 0.4) is 0 Å². The molecule has 0 aliphatic carbocycles. The topological polar surface area (TPSA) is 105 Å². The largest absolute Gasteiger partial charge is 0.382 e. The van der Waals surface area contributed by atoms with Crippen LogP contribution in [0.2, 0.25) is 0 Å². The lowest BCUT2D eigenvalue weighted by molar-refractivity contribution is 1.19. The van der Waals surface area contributed by atoms with E-state index < -0.39 is 0 Å². The molecule has 0 unspecified atom stereocenters. The number of hydrogen-bond acceptors (Lipinski definition) is 6. The summed E-state index contributed by atoms with van der Waals surface area (Å²) in [5.41, 5.74) is 9.38. The monoisotopic (exact) mass is 233 g/mol. The van der Waals surface area contributed by atoms with Crippen molar-refractivity contribution < 1.29 is 0 Å². The molecule has 2 rings (SSSR count). The van der Waals surface area contributed by atoms with E-state index in [-0.39, 0.29) is 0 Å². The van der Waals surface area contributed by atoms with Crippen LogP contribution >= 0.6 is 0 Å². The van der Waals surface area contributed by atoms with Crippen LogP contribution in [-0.4, -0.2) is 26.2 Å². The molecule has 0 aliphatic heterocycles. The Bertz CT molecular complexity index is 514. The molecule has 0 amide bonds. The van der Waals surface area contributed by atoms with E-state index in [1.807, 2.05) is 13.8 Å². The van der Waals surface area contributed by atoms with Crippen molar-refractivity contribution in [1.29, 1.82) is 0 Å². The first kappa shape index (κ1) is 12.6. The third-order valence-corrected chi connectivity index (χ3v) is 1.67. The van der Waals surface area contributed by atoms with Crippen LogP contribution < -0.4 is 11.2 Å². The molecule has 17 heavy (non-hydrogen) atoms. The fourth-order valence-corrected chi connectivity index (χ4v) is 1.05. The number of aromatic amines is 1. The molecule has 0 aliphatic rings. The number of H-pyrrole nitrogens is 1. The molecule has 2 aromatic heterocycles. The first-order valence-corrected chi connectivity index (χ1v) is 5.17. The van der Waals surface area contributed by atoms with Gasteiger partial charge in [0.2, 0.25) is 5.95 Å². The van der Waals surface area contributed by atoms with E-state index in [9.17, 15) is 0 Å². The standard InChI is InChI=1S/C8H9N7.C2H6/c1-2-3-12-15-8-13-5-6(9)10-4-11-7(5)14-8;1-2/h2-4H,1H2,(H4,9,10,11,13,14,15);1-2H3/b12-3-;. The summed E-state index contributed by atoms with van der Waals surface area (Å²) in [6.45, 7) is 7.49. The lowest BCUT2D eigenvalue weighted by atomic mass is 10.5. The van der Waals surface area contributed by atoms with Gasteiger partial charge < -0.3 is 10.7 Å². The minimum absolute atomic E-state index is 0.355. The molecule has 0 fully saturated rings. The number of nitrogens with two attached hydrogens (primary N) is 1. The van der Waals surface area contributed by atoms with Gasteiger partial charge in [0.1, 0.15) is 11.8 Å². The van der Waals surface area contributed by atoms with E-state index in [0.717, 1.165) is 0 Å². The molecule has 0 bridgehead atoms. The van der Waals surface area contributed by atoms with Gasteiger partial charge in [-0.2, -0.15) is 10.1 Å². The van der Waals surface area contributed by atoms with Gasteiger partial charge >= 0.3 is 0 Å². The Kier molecular flexibility index (Phi) is 4.61. The van der Waals surface area contributed by atoms with Gasteiger partial charge in [-0.25, -0.2) is 15.4 Å². The Hall–Kier alpha value is -2.44. The number of nitrogen functional groups attached to an aromatic ring is 1. The van der Waals surface area contributed by atoms with Crippen molar-refractivity contribution in [3.8, 4) is 0 Å². The molecule has 2 aromatic rings. The van der Waals surface area contributed by atoms with Gasteiger partial charge in [-0.1, -0.05) is 20.4 Å². The molecule has 4 N–H and O–H groups in total. The number of rotatable bonds is 3. The minimum atomic E-state index is 0.355. The SMILES string of the molecule is C=C/C=N\Nc1nc2ncnc(N)c2[nH]1.CC. The summed E-state index contributed by atoms with van der Waals surface area (Å²) in [4.78, 5) is 14.8. The highest BCUT2D eigenvalue weighted by molar-refractivity contribution is 5.83. The first-order valence-electron chi connectivity index (χ1n) is 5.17. The average Bonchev–Trinajstić information content (AvgIpc) is 2.77. The summed E-state index contributed by atoms with van der Waals surface area (Å²) in [6, 6.07) is 0. The maximum atomic E-state index is 5.62. The van der Waals surface area contributed by atoms with Crippen LogP contribution in [0, 0.1) is 0 Å². The molecule has 0 saturated heterocycles. The number of fused-ring (bicyclic) bond motifs is 1. The molecule has 0 spiro atoms. The maximum absolute atomic E-state index is 5.62. The van der Waals surface area contributed by atoms with Gasteiger partial charge in [-0.15, -0.1) is 0 Å². The van der Waals surface area contributed by atoms with Crippen LogP contribution in [-0.2, 0) is 0 Å². The van der Waals surface area contributed by atoms with Gasteiger partial charge in [-0.05, 0) is 6.08 Å². The van der Waals surface area contributed by atoms with E-state index >= 15 is 0 Å². The molecule has 7 nitrogen and oxygen atoms in total. The number of aromatic nitrogens is 4. The van der Waals surface area contributed by atoms with Gasteiger partial charge in [-0.3, -0.25) is 0 Å². The van der Waals surface area contributed by atoms with E-state index in [4.69, 9.17) is 5.73 Å². The summed E-state index contributed by atoms with van der Waals surface area (Å²) in [7, 11) is 0. The quantitative estimate of drug-likeness (QED) is 0.551. The second kappa shape index (κ2) is 6.21. The molecule has 90 valence electrons. The van der Waals surface area contributed by atoms with E-state index in [1.54, 1.807) is 6.08 Å². The van der Waals surface area contributed by atoms with Crippen LogP contribution in [0.4, 0.5) is 11.8 Å². The molecule has 0 saturated carbocycles. The number of hydrazone groups is 1. The average molecular weight is 233 g/mol. The first-order chi connectivity index (χ1) is 8.31. The number of imidazole rings is 1. The van der Waals surface area contributed by atoms with Gasteiger partial charge in [0, 0.05) is 6.21 Å². The maximum Gasteiger partial charge on any atom is 0.223 e. The molecule has 0 radical (unpaired) electrons. The number of hydrogen-bond donors (Lipinski definition) is 3. The number of nitrogens with zero attached hydrogens (tertiary/aromatic N) is 4. The van der Waals surface area contributed by atoms with Crippen LogP contribution in [0.15, 0.2) is 24.1 Å². The molecular weight excluding hydrogens is 218 g/mol. The summed E-state index contributed by atoms with van der Waals surface area (Å²) >= 11 is 0. The van der Waals surface area contributed by atoms with Crippen molar-refractivity contribution in [3.05, 3.63) is 19.0 Å². The second-order valence-corrected chi connectivity index (χ2v) is 2.67. The Balaban J connectivity index is 0.000000686. The smallest absolute Gasteiger partial charge is 0.223 e. The summed E-state index contributed by atoms with van der Waals surface area (Å²) in [5, 5.41) is 3.81. The molecular formula is C10H15N7. The van der Waals surface area contributed by atoms with Crippen LogP contribution in [0.1, 0.15) is 13.8 Å². The molecule has 7 heteroatoms. The zero-order valence-electron chi connectivity index (χ0n) is 9.81. The van der Waals surface area contributed by atoms with Crippen LogP contribution in [0.5, 0.6) is 0 Å². The Morgan fingerprint density at radius 3 is 2.88 bits per heavy atom. The Morgan fingerprint density at radius 2 is 2.24 bits per heavy atom. The predicted octanol–water partition coefficient (Wildman–Crippen LogP) is 1.54. The molecule has 0 atom stereocenters. The number of allylic oxidation sites excluding steroid dienone is 1. The normalized spacial score (nSPS) is 10.0. The van der Waals surface area contributed by atoms with Crippen molar-refractivity contribution in [2.24, 2.45) is 5.10 Å². The highest BCUT2D eigenvalue weighted by atomic mass is 15.4. The highest BCUT2D eigenvalue weighted by Crippen LogP contribution is 2.15. The number of anilines is 2. The Labute approximate surface area is 98.9 Å². The zero-order valence-corrected chi connectivity index (χ0v) is 9.81. The predicted molar refractivity (Wildman–Crippen MR) is 69.8 cm³/mol. The van der Waals surface area contributed by atoms with Crippen molar-refractivity contribution in [2.75, 3.05) is 11.2 Å². The van der Waals surface area contributed by atoms with Crippen molar-refractivity contribution in [2.45, 2.75) is 13.8 Å². The lowest BCUT2D eigenvalue weighted by Crippen LogP contribution is -1.92. The van der Waals surface area contributed by atoms with Crippen LogP contribution in [0.25, 0.3) is 11.2 Å². The highest BCUT2D eigenvalue weighted by Gasteiger charge is 2.05. The summed E-state index contributed by atoms with van der Waals surface area (Å²) in [5.74, 6) is 0.809. The summed E-state index contributed by atoms with van der Waals surface area (Å²) < 4.78 is 0. The van der Waals surface area contributed by atoms with Gasteiger partial charge in [0.05, 0.1) is 0 Å². The van der Waals surface area contributed by atoms with Crippen molar-refractivity contribution in [1.82, 2.24) is 19.9 Å². The minimum Gasteiger partial charge on any atom is -0.382 e. The van der Waals surface area contributed by atoms with E-state index in [0.29, 0.717) is 22.9 Å². The molecule has 2 heterocycles. The number of nitrogens with one attached hydrogen (secondary N) is 2. The zero-order chi connectivity index (χ0) is 12.7. The Morgan fingerprint density at radius 1 is 1.47 bits per heavy atom. The van der Waals surface area contributed by atoms with Gasteiger partial charge in [0.25, 0.3) is 0 Å². The van der Waals surface area contributed by atoms with E-state index in [2.05, 4.69) is 37.0 Å². The summed E-state index contributed by atoms with van der Waals surface area (Å²) in [6.07, 6.45) is 4.40. The third kappa shape index (κ3) is 3.00. The second-order valence-electron chi connectivity index (χ2n) is 2.67. The van der Waals surface area contributed by atoms with E-state index in [1.165, 1.54) is 12.5 Å². The van der Waals surface area contributed by atoms with Gasteiger partial charge in [0.15, 0.2) is 11.5 Å². The van der Waals surface area contributed by atoms with Crippen molar-refractivity contribution in [3.63, 3.8) is 0 Å². The molecule has 0 aromatic carbocycles.